The first-order valence-corrected chi connectivity index (χ1v) is 8.62. The molecule has 19 heavy (non-hydrogen) atoms. The normalized spacial score (nSPS) is 25.1. The molecule has 6 heteroatoms. The lowest BCUT2D eigenvalue weighted by Gasteiger charge is -2.29. The minimum Gasteiger partial charge on any atom is -0.460 e. The highest BCUT2D eigenvalue weighted by molar-refractivity contribution is 7.90. The summed E-state index contributed by atoms with van der Waals surface area (Å²) in [4.78, 5) is 11.7. The average Bonchev–Trinajstić information content (AvgIpc) is 2.15. The molecule has 2 atom stereocenters. The Morgan fingerprint density at radius 3 is 2.37 bits per heavy atom. The van der Waals surface area contributed by atoms with Crippen LogP contribution in [0.5, 0.6) is 0 Å². The van der Waals surface area contributed by atoms with E-state index in [1.807, 2.05) is 20.8 Å². The van der Waals surface area contributed by atoms with E-state index < -0.39 is 15.4 Å². The fourth-order valence-electron chi connectivity index (χ4n) is 2.11. The van der Waals surface area contributed by atoms with Crippen LogP contribution in [0, 0.1) is 5.92 Å². The predicted octanol–water partition coefficient (Wildman–Crippen LogP) is 1.56. The number of sulfone groups is 1. The van der Waals surface area contributed by atoms with Crippen LogP contribution in [-0.4, -0.2) is 44.7 Å². The highest BCUT2D eigenvalue weighted by Crippen LogP contribution is 2.23. The molecule has 0 N–H and O–H groups in total. The van der Waals surface area contributed by atoms with Gasteiger partial charge in [-0.25, -0.2) is 8.42 Å². The van der Waals surface area contributed by atoms with E-state index in [1.165, 1.54) is 6.26 Å². The van der Waals surface area contributed by atoms with Crippen LogP contribution < -0.4 is 0 Å². The molecule has 0 aromatic rings. The molecule has 0 amide bonds. The Kier molecular flexibility index (Phi) is 5.38. The second-order valence-corrected chi connectivity index (χ2v) is 8.47. The SMILES string of the molecule is CC(C)(C)OC(=O)C[C@@H]1CC[C@@H](CS(C)(=O)=O)OC1. The molecular weight excluding hydrogens is 268 g/mol. The Hall–Kier alpha value is -0.620. The molecule has 0 aromatic carbocycles. The minimum absolute atomic E-state index is 0.0617. The first-order chi connectivity index (χ1) is 8.55. The lowest BCUT2D eigenvalue weighted by molar-refractivity contribution is -0.157. The molecule has 1 fully saturated rings. The van der Waals surface area contributed by atoms with Crippen molar-refractivity contribution in [1.29, 1.82) is 0 Å². The Labute approximate surface area is 115 Å². The minimum atomic E-state index is -3.00. The molecule has 1 heterocycles. The number of esters is 1. The number of carbonyl (C=O) groups excluding carboxylic acids is 1. The van der Waals surface area contributed by atoms with Crippen LogP contribution in [0.3, 0.4) is 0 Å². The van der Waals surface area contributed by atoms with E-state index in [9.17, 15) is 13.2 Å². The van der Waals surface area contributed by atoms with Gasteiger partial charge in [0.25, 0.3) is 0 Å². The molecule has 0 bridgehead atoms. The Morgan fingerprint density at radius 1 is 1.32 bits per heavy atom. The first kappa shape index (κ1) is 16.4. The summed E-state index contributed by atoms with van der Waals surface area (Å²) in [6.45, 7) is 5.94. The van der Waals surface area contributed by atoms with Crippen molar-refractivity contribution < 1.29 is 22.7 Å². The van der Waals surface area contributed by atoms with Crippen LogP contribution in [0.15, 0.2) is 0 Å². The van der Waals surface area contributed by atoms with Gasteiger partial charge >= 0.3 is 5.97 Å². The second-order valence-electron chi connectivity index (χ2n) is 6.28. The standard InChI is InChI=1S/C13H24O5S/c1-13(2,3)18-12(14)7-10-5-6-11(17-8-10)9-19(4,15)16/h10-11H,5-9H2,1-4H3/t10-,11-/m0/s1. The van der Waals surface area contributed by atoms with Gasteiger partial charge < -0.3 is 9.47 Å². The van der Waals surface area contributed by atoms with Gasteiger partial charge in [-0.05, 0) is 39.5 Å². The highest BCUT2D eigenvalue weighted by Gasteiger charge is 2.27. The summed E-state index contributed by atoms with van der Waals surface area (Å²) < 4.78 is 33.1. The molecule has 1 saturated heterocycles. The summed E-state index contributed by atoms with van der Waals surface area (Å²) >= 11 is 0. The van der Waals surface area contributed by atoms with Gasteiger partial charge in [-0.1, -0.05) is 0 Å². The quantitative estimate of drug-likeness (QED) is 0.735. The molecule has 1 rings (SSSR count). The van der Waals surface area contributed by atoms with Crippen LogP contribution in [0.2, 0.25) is 0 Å². The van der Waals surface area contributed by atoms with Gasteiger partial charge in [-0.3, -0.25) is 4.79 Å². The molecule has 1 aliphatic heterocycles. The van der Waals surface area contributed by atoms with E-state index in [-0.39, 0.29) is 23.7 Å². The zero-order valence-electron chi connectivity index (χ0n) is 12.1. The summed E-state index contributed by atoms with van der Waals surface area (Å²) in [5.41, 5.74) is -0.467. The second kappa shape index (κ2) is 6.22. The Bertz CT molecular complexity index is 399. The highest BCUT2D eigenvalue weighted by atomic mass is 32.2. The third-order valence-corrected chi connectivity index (χ3v) is 3.81. The van der Waals surface area contributed by atoms with E-state index in [0.29, 0.717) is 19.4 Å². The Balaban J connectivity index is 2.33. The maximum atomic E-state index is 11.7. The van der Waals surface area contributed by atoms with Crippen molar-refractivity contribution in [3.05, 3.63) is 0 Å². The van der Waals surface area contributed by atoms with Crippen molar-refractivity contribution in [3.63, 3.8) is 0 Å². The van der Waals surface area contributed by atoms with Crippen molar-refractivity contribution in [3.8, 4) is 0 Å². The van der Waals surface area contributed by atoms with Crippen molar-refractivity contribution in [2.75, 3.05) is 18.6 Å². The molecule has 0 saturated carbocycles. The zero-order chi connectivity index (χ0) is 14.7. The van der Waals surface area contributed by atoms with Gasteiger partial charge in [0.05, 0.1) is 24.9 Å². The number of hydrogen-bond donors (Lipinski definition) is 0. The molecule has 0 unspecified atom stereocenters. The van der Waals surface area contributed by atoms with Crippen molar-refractivity contribution >= 4 is 15.8 Å². The predicted molar refractivity (Wildman–Crippen MR) is 72.6 cm³/mol. The number of carbonyl (C=O) groups is 1. The van der Waals surface area contributed by atoms with Gasteiger partial charge in [-0.15, -0.1) is 0 Å². The molecule has 0 aromatic heterocycles. The molecule has 0 aliphatic carbocycles. The van der Waals surface area contributed by atoms with Gasteiger partial charge in [0.15, 0.2) is 0 Å². The van der Waals surface area contributed by atoms with E-state index in [4.69, 9.17) is 9.47 Å². The smallest absolute Gasteiger partial charge is 0.306 e. The third-order valence-electron chi connectivity index (χ3n) is 2.83. The molecule has 112 valence electrons. The van der Waals surface area contributed by atoms with Crippen LogP contribution in [0.25, 0.3) is 0 Å². The van der Waals surface area contributed by atoms with E-state index in [2.05, 4.69) is 0 Å². The van der Waals surface area contributed by atoms with Crippen molar-refractivity contribution in [1.82, 2.24) is 0 Å². The van der Waals surface area contributed by atoms with Crippen LogP contribution in [-0.2, 0) is 24.1 Å². The molecule has 0 spiro atoms. The lowest BCUT2D eigenvalue weighted by Crippen LogP contribution is -2.33. The summed E-state index contributed by atoms with van der Waals surface area (Å²) in [5, 5.41) is 0. The van der Waals surface area contributed by atoms with Gasteiger partial charge in [-0.2, -0.15) is 0 Å². The van der Waals surface area contributed by atoms with Gasteiger partial charge in [0, 0.05) is 6.26 Å². The van der Waals surface area contributed by atoms with Crippen LogP contribution in [0.1, 0.15) is 40.0 Å². The molecule has 0 radical (unpaired) electrons. The fraction of sp³-hybridized carbons (Fsp3) is 0.923. The van der Waals surface area contributed by atoms with Crippen molar-refractivity contribution in [2.45, 2.75) is 51.7 Å². The van der Waals surface area contributed by atoms with Crippen LogP contribution >= 0.6 is 0 Å². The zero-order valence-corrected chi connectivity index (χ0v) is 13.0. The summed E-state index contributed by atoms with van der Waals surface area (Å²) in [7, 11) is -3.00. The maximum absolute atomic E-state index is 11.7. The van der Waals surface area contributed by atoms with Crippen LogP contribution in [0.4, 0.5) is 0 Å². The number of hydrogen-bond acceptors (Lipinski definition) is 5. The fourth-order valence-corrected chi connectivity index (χ4v) is 3.05. The summed E-state index contributed by atoms with van der Waals surface area (Å²) in [5.74, 6) is -0.0279. The van der Waals surface area contributed by atoms with E-state index >= 15 is 0 Å². The largest absolute Gasteiger partial charge is 0.460 e. The van der Waals surface area contributed by atoms with Gasteiger partial charge in [0.2, 0.25) is 0 Å². The maximum Gasteiger partial charge on any atom is 0.306 e. The summed E-state index contributed by atoms with van der Waals surface area (Å²) in [6.07, 6.45) is 2.80. The molecule has 5 nitrogen and oxygen atoms in total. The topological polar surface area (TPSA) is 69.7 Å². The van der Waals surface area contributed by atoms with E-state index in [0.717, 1.165) is 6.42 Å². The third kappa shape index (κ3) is 7.52. The first-order valence-electron chi connectivity index (χ1n) is 6.56. The number of ether oxygens (including phenoxy) is 2. The number of rotatable bonds is 4. The average molecular weight is 292 g/mol. The molecule has 1 aliphatic rings. The monoisotopic (exact) mass is 292 g/mol. The Morgan fingerprint density at radius 2 is 1.95 bits per heavy atom. The summed E-state index contributed by atoms with van der Waals surface area (Å²) in [6, 6.07) is 0. The van der Waals surface area contributed by atoms with Gasteiger partial charge in [0.1, 0.15) is 15.4 Å². The van der Waals surface area contributed by atoms with Crippen molar-refractivity contribution in [2.24, 2.45) is 5.92 Å². The lowest BCUT2D eigenvalue weighted by atomic mass is 9.96. The molecular formula is C13H24O5S. The van der Waals surface area contributed by atoms with E-state index in [1.54, 1.807) is 0 Å².